The standard InChI is InChI=1S/C10H8N2O4S2/c11-8-6-7(12(13)14)3-4-9(8)18(15,16)10-2-1-5-17-10/h1-6H,11H2. The Bertz CT molecular complexity index is 693. The Labute approximate surface area is 107 Å². The molecule has 0 aliphatic heterocycles. The zero-order valence-corrected chi connectivity index (χ0v) is 10.6. The summed E-state index contributed by atoms with van der Waals surface area (Å²) >= 11 is 1.07. The lowest BCUT2D eigenvalue weighted by Crippen LogP contribution is -2.04. The number of nitro benzene ring substituents is 1. The number of sulfone groups is 1. The molecular weight excluding hydrogens is 276 g/mol. The number of nitrogens with two attached hydrogens (primary N) is 1. The zero-order chi connectivity index (χ0) is 13.3. The van der Waals surface area contributed by atoms with Crippen molar-refractivity contribution in [2.75, 3.05) is 5.73 Å². The quantitative estimate of drug-likeness (QED) is 0.528. The fourth-order valence-corrected chi connectivity index (χ4v) is 3.90. The third-order valence-electron chi connectivity index (χ3n) is 2.25. The molecule has 2 aromatic rings. The molecule has 0 radical (unpaired) electrons. The van der Waals surface area contributed by atoms with Crippen LogP contribution in [0.25, 0.3) is 0 Å². The van der Waals surface area contributed by atoms with Gasteiger partial charge < -0.3 is 5.73 Å². The third-order valence-corrected chi connectivity index (χ3v) is 5.48. The van der Waals surface area contributed by atoms with Gasteiger partial charge in [-0.1, -0.05) is 6.07 Å². The molecule has 0 saturated carbocycles. The van der Waals surface area contributed by atoms with Gasteiger partial charge in [-0.05, 0) is 17.5 Å². The molecule has 0 bridgehead atoms. The van der Waals surface area contributed by atoms with Gasteiger partial charge in [0.2, 0.25) is 9.84 Å². The van der Waals surface area contributed by atoms with Crippen molar-refractivity contribution >= 4 is 32.5 Å². The Hall–Kier alpha value is -1.93. The Balaban J connectivity index is 2.57. The smallest absolute Gasteiger partial charge is 0.271 e. The molecule has 1 aromatic carbocycles. The second kappa shape index (κ2) is 4.39. The van der Waals surface area contributed by atoms with E-state index >= 15 is 0 Å². The van der Waals surface area contributed by atoms with Crippen LogP contribution in [0.3, 0.4) is 0 Å². The maximum Gasteiger partial charge on any atom is 0.271 e. The van der Waals surface area contributed by atoms with E-state index < -0.39 is 14.8 Å². The summed E-state index contributed by atoms with van der Waals surface area (Å²) in [5, 5.41) is 12.2. The van der Waals surface area contributed by atoms with Crippen molar-refractivity contribution in [1.29, 1.82) is 0 Å². The minimum absolute atomic E-state index is 0.115. The first kappa shape index (κ1) is 12.5. The molecule has 0 aliphatic carbocycles. The molecule has 0 fully saturated rings. The normalized spacial score (nSPS) is 11.3. The highest BCUT2D eigenvalue weighted by Gasteiger charge is 2.23. The lowest BCUT2D eigenvalue weighted by atomic mass is 10.3. The average Bonchev–Trinajstić information content (AvgIpc) is 2.82. The van der Waals surface area contributed by atoms with Gasteiger partial charge in [0.15, 0.2) is 0 Å². The summed E-state index contributed by atoms with van der Waals surface area (Å²) in [6.07, 6.45) is 0. The summed E-state index contributed by atoms with van der Waals surface area (Å²) in [6.45, 7) is 0. The van der Waals surface area contributed by atoms with Crippen LogP contribution in [-0.2, 0) is 9.84 Å². The maximum atomic E-state index is 12.2. The average molecular weight is 284 g/mol. The fourth-order valence-electron chi connectivity index (χ4n) is 1.42. The minimum atomic E-state index is -3.70. The van der Waals surface area contributed by atoms with E-state index in [0.717, 1.165) is 29.5 Å². The van der Waals surface area contributed by atoms with Crippen molar-refractivity contribution in [2.45, 2.75) is 9.10 Å². The highest BCUT2D eigenvalue weighted by atomic mass is 32.2. The van der Waals surface area contributed by atoms with Gasteiger partial charge in [-0.3, -0.25) is 10.1 Å². The van der Waals surface area contributed by atoms with E-state index in [0.29, 0.717) is 0 Å². The predicted molar refractivity (Wildman–Crippen MR) is 67.3 cm³/mol. The van der Waals surface area contributed by atoms with Crippen LogP contribution in [0.2, 0.25) is 0 Å². The number of rotatable bonds is 3. The van der Waals surface area contributed by atoms with Crippen molar-refractivity contribution in [3.63, 3.8) is 0 Å². The van der Waals surface area contributed by atoms with Crippen LogP contribution in [0.5, 0.6) is 0 Å². The first-order valence-corrected chi connectivity index (χ1v) is 7.12. The molecule has 1 heterocycles. The summed E-state index contributed by atoms with van der Waals surface area (Å²) in [7, 11) is -3.70. The van der Waals surface area contributed by atoms with Crippen LogP contribution in [-0.4, -0.2) is 13.3 Å². The van der Waals surface area contributed by atoms with Crippen LogP contribution in [0, 0.1) is 10.1 Å². The van der Waals surface area contributed by atoms with E-state index in [2.05, 4.69) is 0 Å². The zero-order valence-electron chi connectivity index (χ0n) is 8.94. The van der Waals surface area contributed by atoms with E-state index in [4.69, 9.17) is 5.73 Å². The molecule has 0 spiro atoms. The lowest BCUT2D eigenvalue weighted by molar-refractivity contribution is -0.384. The van der Waals surface area contributed by atoms with Crippen LogP contribution in [0.15, 0.2) is 44.8 Å². The Kier molecular flexibility index (Phi) is 3.05. The molecule has 0 atom stereocenters. The molecule has 94 valence electrons. The largest absolute Gasteiger partial charge is 0.397 e. The number of nitrogen functional groups attached to an aromatic ring is 1. The molecule has 0 aliphatic rings. The van der Waals surface area contributed by atoms with E-state index in [1.54, 1.807) is 11.4 Å². The second-order valence-corrected chi connectivity index (χ2v) is 6.51. The molecule has 2 N–H and O–H groups in total. The highest BCUT2D eigenvalue weighted by molar-refractivity contribution is 7.93. The van der Waals surface area contributed by atoms with Crippen LogP contribution in [0.4, 0.5) is 11.4 Å². The number of thiophene rings is 1. The maximum absolute atomic E-state index is 12.2. The van der Waals surface area contributed by atoms with E-state index in [1.165, 1.54) is 6.07 Å². The van der Waals surface area contributed by atoms with Crippen molar-refractivity contribution in [1.82, 2.24) is 0 Å². The number of benzene rings is 1. The SMILES string of the molecule is Nc1cc([N+](=O)[O-])ccc1S(=O)(=O)c1cccs1. The van der Waals surface area contributed by atoms with Crippen LogP contribution in [0.1, 0.15) is 0 Å². The lowest BCUT2D eigenvalue weighted by Gasteiger charge is -2.05. The van der Waals surface area contributed by atoms with Crippen molar-refractivity contribution < 1.29 is 13.3 Å². The molecule has 8 heteroatoms. The number of non-ortho nitro benzene ring substituents is 1. The van der Waals surface area contributed by atoms with E-state index in [1.807, 2.05) is 0 Å². The van der Waals surface area contributed by atoms with E-state index in [9.17, 15) is 18.5 Å². The van der Waals surface area contributed by atoms with Gasteiger partial charge in [-0.2, -0.15) is 0 Å². The van der Waals surface area contributed by atoms with Gasteiger partial charge in [0.1, 0.15) is 4.21 Å². The highest BCUT2D eigenvalue weighted by Crippen LogP contribution is 2.30. The predicted octanol–water partition coefficient (Wildman–Crippen LogP) is 2.07. The van der Waals surface area contributed by atoms with Crippen molar-refractivity contribution in [3.8, 4) is 0 Å². The Morgan fingerprint density at radius 1 is 1.28 bits per heavy atom. The van der Waals surface area contributed by atoms with Crippen molar-refractivity contribution in [3.05, 3.63) is 45.8 Å². The fraction of sp³-hybridized carbons (Fsp3) is 0. The minimum Gasteiger partial charge on any atom is -0.397 e. The van der Waals surface area contributed by atoms with Crippen LogP contribution >= 0.6 is 11.3 Å². The summed E-state index contributed by atoms with van der Waals surface area (Å²) in [4.78, 5) is 9.80. The molecule has 1 aromatic heterocycles. The summed E-state index contributed by atoms with van der Waals surface area (Å²) in [5.41, 5.74) is 5.21. The molecule has 18 heavy (non-hydrogen) atoms. The van der Waals surface area contributed by atoms with E-state index in [-0.39, 0.29) is 20.5 Å². The number of nitrogens with zero attached hydrogens (tertiary/aromatic N) is 1. The van der Waals surface area contributed by atoms with Gasteiger partial charge in [-0.15, -0.1) is 11.3 Å². The monoisotopic (exact) mass is 284 g/mol. The third kappa shape index (κ3) is 2.07. The molecule has 0 unspecified atom stereocenters. The number of hydrogen-bond acceptors (Lipinski definition) is 6. The van der Waals surface area contributed by atoms with Crippen LogP contribution < -0.4 is 5.73 Å². The molecule has 0 amide bonds. The number of hydrogen-bond donors (Lipinski definition) is 1. The Morgan fingerprint density at radius 2 is 2.00 bits per heavy atom. The van der Waals surface area contributed by atoms with Gasteiger partial charge in [0, 0.05) is 12.1 Å². The van der Waals surface area contributed by atoms with Gasteiger partial charge in [0.05, 0.1) is 15.5 Å². The summed E-state index contributed by atoms with van der Waals surface area (Å²) < 4.78 is 24.5. The van der Waals surface area contributed by atoms with Gasteiger partial charge >= 0.3 is 0 Å². The topological polar surface area (TPSA) is 103 Å². The second-order valence-electron chi connectivity index (χ2n) is 3.41. The Morgan fingerprint density at radius 3 is 2.50 bits per heavy atom. The summed E-state index contributed by atoms with van der Waals surface area (Å²) in [6, 6.07) is 6.39. The number of anilines is 1. The molecule has 0 saturated heterocycles. The van der Waals surface area contributed by atoms with Gasteiger partial charge in [0.25, 0.3) is 5.69 Å². The molecule has 2 rings (SSSR count). The van der Waals surface area contributed by atoms with Gasteiger partial charge in [-0.25, -0.2) is 8.42 Å². The van der Waals surface area contributed by atoms with Crippen molar-refractivity contribution in [2.24, 2.45) is 0 Å². The summed E-state index contributed by atoms with van der Waals surface area (Å²) in [5.74, 6) is 0. The first-order valence-electron chi connectivity index (χ1n) is 4.75. The number of nitro groups is 1. The molecular formula is C10H8N2O4S2. The first-order chi connectivity index (χ1) is 8.43. The molecule has 6 nitrogen and oxygen atoms in total.